The molecule has 13 heteroatoms. The van der Waals surface area contributed by atoms with E-state index in [1.54, 1.807) is 23.9 Å². The van der Waals surface area contributed by atoms with E-state index in [-0.39, 0.29) is 11.4 Å². The largest absolute Gasteiger partial charge is 0.477 e. The zero-order valence-corrected chi connectivity index (χ0v) is 19.9. The summed E-state index contributed by atoms with van der Waals surface area (Å²) in [6.45, 7) is 1.97. The number of carbonyl (C=O) groups excluding carboxylic acids is 2. The Morgan fingerprint density at radius 3 is 2.75 bits per heavy atom. The van der Waals surface area contributed by atoms with Crippen molar-refractivity contribution >= 4 is 57.0 Å². The number of hydrogen-bond acceptors (Lipinski definition) is 8. The fourth-order valence-corrected chi connectivity index (χ4v) is 6.14. The van der Waals surface area contributed by atoms with E-state index in [1.165, 1.54) is 28.8 Å². The molecule has 1 fully saturated rings. The molecule has 10 nitrogen and oxygen atoms in total. The molecular weight excluding hydrogens is 476 g/mol. The van der Waals surface area contributed by atoms with E-state index < -0.39 is 45.3 Å². The second-order valence-electron chi connectivity index (χ2n) is 7.27. The van der Waals surface area contributed by atoms with Gasteiger partial charge >= 0.3 is 5.97 Å². The molecule has 32 heavy (non-hydrogen) atoms. The second-order valence-corrected chi connectivity index (χ2v) is 11.4. The number of carboxylic acids is 1. The Hall–Kier alpha value is -2.22. The molecule has 2 amide bonds. The number of amides is 2. The average Bonchev–Trinajstić information content (AvgIpc) is 2.73. The van der Waals surface area contributed by atoms with E-state index in [2.05, 4.69) is 10.0 Å². The molecule has 0 saturated carbocycles. The first-order valence-corrected chi connectivity index (χ1v) is 13.7. The third-order valence-corrected chi connectivity index (χ3v) is 7.77. The number of sulfonamides is 1. The molecule has 174 valence electrons. The van der Waals surface area contributed by atoms with Crippen molar-refractivity contribution in [3.8, 4) is 0 Å². The van der Waals surface area contributed by atoms with Crippen LogP contribution >= 0.6 is 23.5 Å². The number of thioether (sulfide) groups is 2. The van der Waals surface area contributed by atoms with Gasteiger partial charge in [0.2, 0.25) is 15.9 Å². The number of hydrogen-bond donors (Lipinski definition) is 4. The summed E-state index contributed by atoms with van der Waals surface area (Å²) in [7, 11) is -3.50. The van der Waals surface area contributed by atoms with Gasteiger partial charge in [-0.15, -0.1) is 11.8 Å². The monoisotopic (exact) mass is 500 g/mol. The van der Waals surface area contributed by atoms with Gasteiger partial charge in [0.05, 0.1) is 6.26 Å². The summed E-state index contributed by atoms with van der Waals surface area (Å²) in [6, 6.07) is 4.07. The number of nitrogens with one attached hydrogen (secondary N) is 2. The lowest BCUT2D eigenvalue weighted by atomic mass is 10.0. The van der Waals surface area contributed by atoms with Gasteiger partial charge in [-0.25, -0.2) is 13.2 Å². The van der Waals surface area contributed by atoms with Gasteiger partial charge < -0.3 is 16.2 Å². The SMILES string of the molecule is CCSCC1=C(C(=O)O)N2C(=O)C(NC(=O)[C@H](N)c3cccc(NS(C)(=O)=O)c3)[C@@H]2SC1. The average molecular weight is 501 g/mol. The van der Waals surface area contributed by atoms with E-state index in [1.807, 2.05) is 6.92 Å². The highest BCUT2D eigenvalue weighted by Crippen LogP contribution is 2.41. The fourth-order valence-electron chi connectivity index (χ4n) is 3.42. The highest BCUT2D eigenvalue weighted by Gasteiger charge is 2.54. The summed E-state index contributed by atoms with van der Waals surface area (Å²) in [4.78, 5) is 38.4. The first-order valence-electron chi connectivity index (χ1n) is 9.65. The maximum absolute atomic E-state index is 12.7. The van der Waals surface area contributed by atoms with Crippen molar-refractivity contribution in [2.75, 3.05) is 28.2 Å². The molecular formula is C19H24N4O6S3. The van der Waals surface area contributed by atoms with Crippen LogP contribution in [0.3, 0.4) is 0 Å². The van der Waals surface area contributed by atoms with Gasteiger partial charge in [-0.1, -0.05) is 19.1 Å². The highest BCUT2D eigenvalue weighted by atomic mass is 32.2. The Kier molecular flexibility index (Phi) is 7.43. The lowest BCUT2D eigenvalue weighted by Crippen LogP contribution is -2.71. The molecule has 3 atom stereocenters. The topological polar surface area (TPSA) is 159 Å². The van der Waals surface area contributed by atoms with Gasteiger partial charge in [-0.3, -0.25) is 19.2 Å². The third-order valence-electron chi connectivity index (χ3n) is 4.86. The smallest absolute Gasteiger partial charge is 0.352 e. The number of rotatable bonds is 9. The molecule has 1 saturated heterocycles. The third kappa shape index (κ3) is 5.22. The lowest BCUT2D eigenvalue weighted by Gasteiger charge is -2.49. The van der Waals surface area contributed by atoms with Crippen LogP contribution in [0.4, 0.5) is 5.69 Å². The Morgan fingerprint density at radius 1 is 1.41 bits per heavy atom. The summed E-state index contributed by atoms with van der Waals surface area (Å²) in [5, 5.41) is 11.7. The van der Waals surface area contributed by atoms with E-state index in [9.17, 15) is 27.9 Å². The molecule has 2 aliphatic heterocycles. The van der Waals surface area contributed by atoms with Crippen molar-refractivity contribution < 1.29 is 27.9 Å². The number of β-lactam (4-membered cyclic amide) rings is 1. The molecule has 0 bridgehead atoms. The van der Waals surface area contributed by atoms with Crippen molar-refractivity contribution in [3.05, 3.63) is 41.1 Å². The van der Waals surface area contributed by atoms with Gasteiger partial charge in [0.15, 0.2) is 0 Å². The van der Waals surface area contributed by atoms with Crippen LogP contribution in [0.5, 0.6) is 0 Å². The number of fused-ring (bicyclic) bond motifs is 1. The lowest BCUT2D eigenvalue weighted by molar-refractivity contribution is -0.150. The highest BCUT2D eigenvalue weighted by molar-refractivity contribution is 8.01. The molecule has 2 aliphatic rings. The standard InChI is InChI=1S/C19H24N4O6S3/c1-3-30-8-11-9-31-18-14(17(25)23(18)15(11)19(26)27)21-16(24)13(20)10-5-4-6-12(7-10)22-32(2,28)29/h4-7,13-14,18,22H,3,8-9,20H2,1-2H3,(H,21,24)(H,26,27)/t13-,14?,18+/m1/s1. The Labute approximate surface area is 194 Å². The predicted octanol–water partition coefficient (Wildman–Crippen LogP) is 0.550. The number of carboxylic acid groups (broad SMARTS) is 1. The molecule has 0 aromatic heterocycles. The van der Waals surface area contributed by atoms with Crippen LogP contribution < -0.4 is 15.8 Å². The second kappa shape index (κ2) is 9.73. The minimum absolute atomic E-state index is 0.00551. The normalized spacial score (nSPS) is 21.5. The maximum Gasteiger partial charge on any atom is 0.352 e. The van der Waals surface area contributed by atoms with E-state index in [4.69, 9.17) is 5.73 Å². The van der Waals surface area contributed by atoms with Crippen LogP contribution in [-0.4, -0.2) is 71.1 Å². The van der Waals surface area contributed by atoms with Gasteiger partial charge in [0, 0.05) is 17.2 Å². The van der Waals surface area contributed by atoms with Gasteiger partial charge in [0.25, 0.3) is 5.91 Å². The summed E-state index contributed by atoms with van der Waals surface area (Å²) in [5.74, 6) is -0.454. The van der Waals surface area contributed by atoms with Gasteiger partial charge in [-0.05, 0) is 29.0 Å². The van der Waals surface area contributed by atoms with Crippen LogP contribution in [0.15, 0.2) is 35.5 Å². The predicted molar refractivity (Wildman–Crippen MR) is 125 cm³/mol. The zero-order chi connectivity index (χ0) is 23.6. The summed E-state index contributed by atoms with van der Waals surface area (Å²) < 4.78 is 25.2. The van der Waals surface area contributed by atoms with Crippen molar-refractivity contribution in [3.63, 3.8) is 0 Å². The molecule has 0 spiro atoms. The van der Waals surface area contributed by atoms with Gasteiger partial charge in [0.1, 0.15) is 23.2 Å². The van der Waals surface area contributed by atoms with Crippen LogP contribution in [0.2, 0.25) is 0 Å². The van der Waals surface area contributed by atoms with Crippen molar-refractivity contribution in [1.82, 2.24) is 10.2 Å². The van der Waals surface area contributed by atoms with Crippen molar-refractivity contribution in [2.45, 2.75) is 24.4 Å². The van der Waals surface area contributed by atoms with E-state index in [0.717, 1.165) is 12.0 Å². The quantitative estimate of drug-likeness (QED) is 0.355. The molecule has 0 radical (unpaired) electrons. The number of anilines is 1. The molecule has 0 aliphatic carbocycles. The molecule has 1 aromatic rings. The minimum Gasteiger partial charge on any atom is -0.477 e. The Balaban J connectivity index is 1.71. The number of nitrogens with zero attached hydrogens (tertiary/aromatic N) is 1. The first-order chi connectivity index (χ1) is 15.0. The molecule has 2 heterocycles. The van der Waals surface area contributed by atoms with Gasteiger partial charge in [-0.2, -0.15) is 11.8 Å². The zero-order valence-electron chi connectivity index (χ0n) is 17.4. The number of nitrogens with two attached hydrogens (primary N) is 1. The summed E-state index contributed by atoms with van der Waals surface area (Å²) >= 11 is 2.98. The molecule has 3 rings (SSSR count). The molecule has 1 aromatic carbocycles. The molecule has 1 unspecified atom stereocenters. The van der Waals surface area contributed by atoms with Crippen molar-refractivity contribution in [1.29, 1.82) is 0 Å². The van der Waals surface area contributed by atoms with Crippen LogP contribution in [0.1, 0.15) is 18.5 Å². The van der Waals surface area contributed by atoms with Crippen LogP contribution in [0.25, 0.3) is 0 Å². The first kappa shape index (κ1) is 24.4. The Morgan fingerprint density at radius 2 is 2.12 bits per heavy atom. The molecule has 5 N–H and O–H groups in total. The Bertz CT molecular complexity index is 1070. The van der Waals surface area contributed by atoms with E-state index in [0.29, 0.717) is 22.6 Å². The van der Waals surface area contributed by atoms with Crippen LogP contribution in [-0.2, 0) is 24.4 Å². The van der Waals surface area contributed by atoms with Crippen molar-refractivity contribution in [2.24, 2.45) is 5.73 Å². The number of benzene rings is 1. The van der Waals surface area contributed by atoms with E-state index >= 15 is 0 Å². The minimum atomic E-state index is -3.50. The maximum atomic E-state index is 12.7. The fraction of sp³-hybridized carbons (Fsp3) is 0.421. The number of carbonyl (C=O) groups is 3. The van der Waals surface area contributed by atoms with Crippen LogP contribution in [0, 0.1) is 0 Å². The summed E-state index contributed by atoms with van der Waals surface area (Å²) in [5.41, 5.74) is 7.34. The summed E-state index contributed by atoms with van der Waals surface area (Å²) in [6.07, 6.45) is 1.01. The number of aliphatic carboxylic acids is 1.